The molecule has 0 unspecified atom stereocenters. The smallest absolute Gasteiger partial charge is 0.227 e. The Hall–Kier alpha value is -2.99. The molecule has 0 radical (unpaired) electrons. The molecule has 0 N–H and O–H groups in total. The third-order valence-electron chi connectivity index (χ3n) is 6.79. The first-order valence-electron chi connectivity index (χ1n) is 11.5. The van der Waals surface area contributed by atoms with E-state index in [-0.39, 0.29) is 11.7 Å². The number of amides is 1. The molecule has 6 heteroatoms. The van der Waals surface area contributed by atoms with E-state index in [1.54, 1.807) is 12.1 Å². The fraction of sp³-hybridized carbons (Fsp3) is 0.385. The second kappa shape index (κ2) is 8.87. The molecule has 0 spiro atoms. The van der Waals surface area contributed by atoms with Crippen LogP contribution in [0.25, 0.3) is 5.69 Å². The van der Waals surface area contributed by atoms with E-state index >= 15 is 0 Å². The number of hydrogen-bond donors (Lipinski definition) is 0. The number of benzene rings is 2. The Bertz CT molecular complexity index is 1110. The number of hydrogen-bond acceptors (Lipinski definition) is 3. The number of carbonyl (C=O) groups is 1. The van der Waals surface area contributed by atoms with Gasteiger partial charge < -0.3 is 4.90 Å². The molecule has 2 heterocycles. The summed E-state index contributed by atoms with van der Waals surface area (Å²) in [4.78, 5) is 17.2. The molecule has 1 fully saturated rings. The zero-order valence-electron chi connectivity index (χ0n) is 18.6. The van der Waals surface area contributed by atoms with Crippen molar-refractivity contribution < 1.29 is 9.18 Å². The van der Waals surface area contributed by atoms with Crippen LogP contribution in [0, 0.1) is 12.7 Å². The van der Waals surface area contributed by atoms with Crippen molar-refractivity contribution in [1.82, 2.24) is 19.6 Å². The minimum atomic E-state index is -0.229. The molecule has 5 nitrogen and oxygen atoms in total. The molecule has 166 valence electrons. The van der Waals surface area contributed by atoms with E-state index in [4.69, 9.17) is 5.10 Å². The molecule has 5 rings (SSSR count). The molecule has 1 saturated heterocycles. The van der Waals surface area contributed by atoms with Gasteiger partial charge in [0.25, 0.3) is 0 Å². The van der Waals surface area contributed by atoms with Gasteiger partial charge in [0, 0.05) is 38.4 Å². The van der Waals surface area contributed by atoms with Crippen LogP contribution in [-0.2, 0) is 30.6 Å². The van der Waals surface area contributed by atoms with E-state index in [0.717, 1.165) is 68.9 Å². The normalized spacial score (nSPS) is 16.4. The maximum atomic E-state index is 13.4. The largest absolute Gasteiger partial charge is 0.340 e. The molecule has 0 atom stereocenters. The van der Waals surface area contributed by atoms with Crippen molar-refractivity contribution in [3.05, 3.63) is 82.4 Å². The van der Waals surface area contributed by atoms with E-state index < -0.39 is 0 Å². The van der Waals surface area contributed by atoms with Gasteiger partial charge in [0.1, 0.15) is 5.82 Å². The monoisotopic (exact) mass is 432 g/mol. The van der Waals surface area contributed by atoms with Crippen LogP contribution in [0.3, 0.4) is 0 Å². The first kappa shape index (κ1) is 20.9. The summed E-state index contributed by atoms with van der Waals surface area (Å²) in [6, 6.07) is 14.7. The predicted molar refractivity (Wildman–Crippen MR) is 122 cm³/mol. The molecule has 1 aliphatic carbocycles. The summed E-state index contributed by atoms with van der Waals surface area (Å²) in [6.07, 6.45) is 3.69. The maximum Gasteiger partial charge on any atom is 0.227 e. The predicted octanol–water partition coefficient (Wildman–Crippen LogP) is 3.70. The summed E-state index contributed by atoms with van der Waals surface area (Å²) < 4.78 is 15.4. The third kappa shape index (κ3) is 4.19. The van der Waals surface area contributed by atoms with Crippen LogP contribution >= 0.6 is 0 Å². The van der Waals surface area contributed by atoms with Crippen LogP contribution in [0.1, 0.15) is 34.5 Å². The van der Waals surface area contributed by atoms with Crippen molar-refractivity contribution in [2.45, 2.75) is 39.2 Å². The zero-order valence-corrected chi connectivity index (χ0v) is 18.6. The fourth-order valence-corrected chi connectivity index (χ4v) is 4.89. The lowest BCUT2D eigenvalue weighted by Gasteiger charge is -2.34. The average Bonchev–Trinajstić information content (AvgIpc) is 3.40. The summed E-state index contributed by atoms with van der Waals surface area (Å²) in [5.74, 6) is -0.0203. The summed E-state index contributed by atoms with van der Waals surface area (Å²) in [5.41, 5.74) is 6.95. The molecule has 1 amide bonds. The van der Waals surface area contributed by atoms with Gasteiger partial charge in [0.15, 0.2) is 0 Å². The second-order valence-electron chi connectivity index (χ2n) is 8.87. The standard InChI is InChI=1S/C26H29FN4O/c1-19-5-2-3-6-20(19)17-26(32)30-15-13-29(14-16-30)18-24-23-7-4-8-25(23)31(28-24)22-11-9-21(27)10-12-22/h2-3,5-6,9-12H,4,7-8,13-18H2,1H3. The Balaban J connectivity index is 1.23. The third-order valence-corrected chi connectivity index (χ3v) is 6.79. The zero-order chi connectivity index (χ0) is 22.1. The van der Waals surface area contributed by atoms with Gasteiger partial charge in [0.2, 0.25) is 5.91 Å². The number of fused-ring (bicyclic) bond motifs is 1. The number of halogens is 1. The molecule has 2 aliphatic rings. The summed E-state index contributed by atoms with van der Waals surface area (Å²) in [7, 11) is 0. The van der Waals surface area contributed by atoms with Crippen LogP contribution < -0.4 is 0 Å². The average molecular weight is 433 g/mol. The van der Waals surface area contributed by atoms with Gasteiger partial charge in [-0.3, -0.25) is 9.69 Å². The number of carbonyl (C=O) groups excluding carboxylic acids is 1. The molecule has 2 aromatic carbocycles. The minimum absolute atomic E-state index is 0.209. The SMILES string of the molecule is Cc1ccccc1CC(=O)N1CCN(Cc2nn(-c3ccc(F)cc3)c3c2CCC3)CC1. The van der Waals surface area contributed by atoms with E-state index in [9.17, 15) is 9.18 Å². The van der Waals surface area contributed by atoms with Crippen LogP contribution in [-0.4, -0.2) is 51.7 Å². The van der Waals surface area contributed by atoms with Crippen molar-refractivity contribution in [3.8, 4) is 5.69 Å². The van der Waals surface area contributed by atoms with E-state index in [0.29, 0.717) is 6.42 Å². The highest BCUT2D eigenvalue weighted by molar-refractivity contribution is 5.79. The van der Waals surface area contributed by atoms with Gasteiger partial charge in [-0.15, -0.1) is 0 Å². The maximum absolute atomic E-state index is 13.4. The lowest BCUT2D eigenvalue weighted by atomic mass is 10.1. The lowest BCUT2D eigenvalue weighted by Crippen LogP contribution is -2.48. The molecule has 1 aromatic heterocycles. The second-order valence-corrected chi connectivity index (χ2v) is 8.87. The van der Waals surface area contributed by atoms with Gasteiger partial charge in [-0.05, 0) is 67.1 Å². The van der Waals surface area contributed by atoms with Crippen molar-refractivity contribution in [3.63, 3.8) is 0 Å². The molecular formula is C26H29FN4O. The number of aromatic nitrogens is 2. The highest BCUT2D eigenvalue weighted by Crippen LogP contribution is 2.29. The Morgan fingerprint density at radius 2 is 1.75 bits per heavy atom. The molecule has 32 heavy (non-hydrogen) atoms. The van der Waals surface area contributed by atoms with Crippen molar-refractivity contribution in [1.29, 1.82) is 0 Å². The van der Waals surface area contributed by atoms with E-state index in [1.165, 1.54) is 29.0 Å². The van der Waals surface area contributed by atoms with Crippen molar-refractivity contribution in [2.75, 3.05) is 26.2 Å². The quantitative estimate of drug-likeness (QED) is 0.618. The lowest BCUT2D eigenvalue weighted by molar-refractivity contribution is -0.132. The van der Waals surface area contributed by atoms with Crippen LogP contribution in [0.5, 0.6) is 0 Å². The van der Waals surface area contributed by atoms with Gasteiger partial charge >= 0.3 is 0 Å². The first-order valence-corrected chi connectivity index (χ1v) is 11.5. The van der Waals surface area contributed by atoms with E-state index in [1.807, 2.05) is 27.8 Å². The Kier molecular flexibility index (Phi) is 5.79. The summed E-state index contributed by atoms with van der Waals surface area (Å²) in [6.45, 7) is 6.09. The highest BCUT2D eigenvalue weighted by Gasteiger charge is 2.27. The van der Waals surface area contributed by atoms with Gasteiger partial charge in [-0.2, -0.15) is 5.10 Å². The Morgan fingerprint density at radius 1 is 1.00 bits per heavy atom. The minimum Gasteiger partial charge on any atom is -0.340 e. The molecule has 1 aliphatic heterocycles. The van der Waals surface area contributed by atoms with Crippen LogP contribution in [0.15, 0.2) is 48.5 Å². The summed E-state index contributed by atoms with van der Waals surface area (Å²) in [5, 5.41) is 4.92. The molecular weight excluding hydrogens is 403 g/mol. The Labute approximate surface area is 188 Å². The van der Waals surface area contributed by atoms with Gasteiger partial charge in [-0.25, -0.2) is 9.07 Å². The van der Waals surface area contributed by atoms with E-state index in [2.05, 4.69) is 17.9 Å². The fourth-order valence-electron chi connectivity index (χ4n) is 4.89. The Morgan fingerprint density at radius 3 is 2.50 bits per heavy atom. The topological polar surface area (TPSA) is 41.4 Å². The molecule has 3 aromatic rings. The van der Waals surface area contributed by atoms with Crippen molar-refractivity contribution in [2.24, 2.45) is 0 Å². The first-order chi connectivity index (χ1) is 15.6. The van der Waals surface area contributed by atoms with Crippen LogP contribution in [0.2, 0.25) is 0 Å². The van der Waals surface area contributed by atoms with Crippen LogP contribution in [0.4, 0.5) is 4.39 Å². The number of nitrogens with zero attached hydrogens (tertiary/aromatic N) is 4. The highest BCUT2D eigenvalue weighted by atomic mass is 19.1. The number of aryl methyl sites for hydroxylation is 1. The number of rotatable bonds is 5. The summed E-state index contributed by atoms with van der Waals surface area (Å²) >= 11 is 0. The molecule has 0 saturated carbocycles. The number of piperazine rings is 1. The van der Waals surface area contributed by atoms with Crippen molar-refractivity contribution >= 4 is 5.91 Å². The molecule has 0 bridgehead atoms. The van der Waals surface area contributed by atoms with Gasteiger partial charge in [0.05, 0.1) is 17.8 Å². The van der Waals surface area contributed by atoms with Gasteiger partial charge in [-0.1, -0.05) is 24.3 Å².